The number of carbonyl (C=O) groups is 2. The Balaban J connectivity index is 1.86. The van der Waals surface area contributed by atoms with E-state index in [1.54, 1.807) is 7.05 Å². The molecule has 25 heavy (non-hydrogen) atoms. The highest BCUT2D eigenvalue weighted by Gasteiger charge is 2.56. The van der Waals surface area contributed by atoms with Gasteiger partial charge >= 0.3 is 12.2 Å². The van der Waals surface area contributed by atoms with Crippen LogP contribution in [0.15, 0.2) is 0 Å². The van der Waals surface area contributed by atoms with E-state index in [1.165, 1.54) is 18.7 Å². The van der Waals surface area contributed by atoms with Crippen LogP contribution in [0.4, 0.5) is 18.0 Å². The number of hydrogen-bond acceptors (Lipinski definition) is 3. The molecule has 0 saturated carbocycles. The number of amides is 3. The van der Waals surface area contributed by atoms with Crippen molar-refractivity contribution < 1.29 is 22.8 Å². The average Bonchev–Trinajstić information content (AvgIpc) is 2.84. The molecule has 3 amide bonds. The first-order valence-corrected chi connectivity index (χ1v) is 8.63. The van der Waals surface area contributed by atoms with Gasteiger partial charge in [0.1, 0.15) is 0 Å². The fraction of sp³-hybridized carbons (Fsp3) is 0.875. The predicted octanol–water partition coefficient (Wildman–Crippen LogP) is 1.57. The van der Waals surface area contributed by atoms with Crippen LogP contribution in [0.5, 0.6) is 0 Å². The second-order valence-corrected chi connectivity index (χ2v) is 7.36. The summed E-state index contributed by atoms with van der Waals surface area (Å²) >= 11 is 0. The third-order valence-electron chi connectivity index (χ3n) is 5.39. The molecule has 2 aliphatic rings. The quantitative estimate of drug-likeness (QED) is 0.799. The molecule has 0 unspecified atom stereocenters. The molecule has 0 radical (unpaired) electrons. The van der Waals surface area contributed by atoms with Gasteiger partial charge < -0.3 is 15.5 Å². The van der Waals surface area contributed by atoms with E-state index in [0.717, 1.165) is 0 Å². The lowest BCUT2D eigenvalue weighted by molar-refractivity contribution is -0.189. The molecule has 9 heteroatoms. The minimum absolute atomic E-state index is 0.0560. The SMILES string of the molecule is CNC(=O)CN1CCC(NC(=O)N2CC[C@H](C(F)(F)F)C2(C)C)CC1. The molecular weight excluding hydrogens is 337 g/mol. The van der Waals surface area contributed by atoms with Crippen LogP contribution in [-0.4, -0.2) is 72.7 Å². The molecule has 0 aromatic rings. The number of hydrogen-bond donors (Lipinski definition) is 2. The molecule has 0 aliphatic carbocycles. The van der Waals surface area contributed by atoms with Crippen molar-refractivity contribution in [3.05, 3.63) is 0 Å². The van der Waals surface area contributed by atoms with Crippen LogP contribution in [0.25, 0.3) is 0 Å². The number of likely N-dealkylation sites (N-methyl/N-ethyl adjacent to an activating group) is 1. The van der Waals surface area contributed by atoms with Crippen molar-refractivity contribution in [2.75, 3.05) is 33.2 Å². The molecule has 2 aliphatic heterocycles. The van der Waals surface area contributed by atoms with E-state index < -0.39 is 23.7 Å². The summed E-state index contributed by atoms with van der Waals surface area (Å²) in [5.74, 6) is -1.56. The molecule has 0 bridgehead atoms. The van der Waals surface area contributed by atoms with Gasteiger partial charge in [0.15, 0.2) is 0 Å². The summed E-state index contributed by atoms with van der Waals surface area (Å²) in [7, 11) is 1.58. The van der Waals surface area contributed by atoms with Gasteiger partial charge in [-0.3, -0.25) is 9.69 Å². The molecule has 0 aromatic carbocycles. The van der Waals surface area contributed by atoms with Gasteiger partial charge in [-0.15, -0.1) is 0 Å². The van der Waals surface area contributed by atoms with Gasteiger partial charge in [0.2, 0.25) is 5.91 Å². The number of likely N-dealkylation sites (tertiary alicyclic amines) is 2. The Morgan fingerprint density at radius 1 is 1.12 bits per heavy atom. The second kappa shape index (κ2) is 7.39. The molecule has 2 saturated heterocycles. The maximum atomic E-state index is 13.1. The van der Waals surface area contributed by atoms with Gasteiger partial charge in [-0.25, -0.2) is 4.79 Å². The van der Waals surface area contributed by atoms with E-state index in [9.17, 15) is 22.8 Å². The number of rotatable bonds is 3. The molecule has 1 atom stereocenters. The van der Waals surface area contributed by atoms with Gasteiger partial charge in [0, 0.05) is 32.7 Å². The first kappa shape index (κ1) is 19.8. The number of nitrogens with zero attached hydrogens (tertiary/aromatic N) is 2. The lowest BCUT2D eigenvalue weighted by atomic mass is 9.88. The summed E-state index contributed by atoms with van der Waals surface area (Å²) in [4.78, 5) is 27.2. The normalized spacial score (nSPS) is 25.0. The zero-order valence-corrected chi connectivity index (χ0v) is 14.9. The summed E-state index contributed by atoms with van der Waals surface area (Å²) in [5, 5.41) is 5.44. The Hall–Kier alpha value is -1.51. The van der Waals surface area contributed by atoms with Crippen molar-refractivity contribution in [1.82, 2.24) is 20.4 Å². The lowest BCUT2D eigenvalue weighted by Crippen LogP contribution is -2.56. The Morgan fingerprint density at radius 2 is 1.72 bits per heavy atom. The highest BCUT2D eigenvalue weighted by molar-refractivity contribution is 5.77. The van der Waals surface area contributed by atoms with Crippen molar-refractivity contribution in [1.29, 1.82) is 0 Å². The standard InChI is InChI=1S/C16H27F3N4O2/c1-15(2)12(16(17,18)19)6-9-23(15)14(25)21-11-4-7-22(8-5-11)10-13(24)20-3/h11-12H,4-10H2,1-3H3,(H,20,24)(H,21,25)/t12-/m0/s1. The molecule has 2 heterocycles. The van der Waals surface area contributed by atoms with E-state index in [-0.39, 0.29) is 24.9 Å². The number of piperidine rings is 1. The fourth-order valence-corrected chi connectivity index (χ4v) is 3.79. The largest absolute Gasteiger partial charge is 0.394 e. The monoisotopic (exact) mass is 364 g/mol. The van der Waals surface area contributed by atoms with Crippen LogP contribution in [0.2, 0.25) is 0 Å². The highest BCUT2D eigenvalue weighted by Crippen LogP contribution is 2.44. The number of urea groups is 1. The molecule has 2 rings (SSSR count). The summed E-state index contributed by atoms with van der Waals surface area (Å²) in [5.41, 5.74) is -1.25. The van der Waals surface area contributed by atoms with E-state index in [0.29, 0.717) is 32.5 Å². The molecular formula is C16H27F3N4O2. The molecule has 144 valence electrons. The number of alkyl halides is 3. The first-order valence-electron chi connectivity index (χ1n) is 8.63. The Morgan fingerprint density at radius 3 is 2.20 bits per heavy atom. The van der Waals surface area contributed by atoms with Crippen LogP contribution in [0.1, 0.15) is 33.1 Å². The lowest BCUT2D eigenvalue weighted by Gasteiger charge is -2.38. The van der Waals surface area contributed by atoms with Gasteiger partial charge in [0.25, 0.3) is 0 Å². The zero-order chi connectivity index (χ0) is 18.8. The number of halogens is 3. The maximum Gasteiger partial charge on any atom is 0.394 e. The topological polar surface area (TPSA) is 64.7 Å². The third kappa shape index (κ3) is 4.56. The van der Waals surface area contributed by atoms with Crippen molar-refractivity contribution in [2.45, 2.75) is 50.9 Å². The van der Waals surface area contributed by atoms with E-state index >= 15 is 0 Å². The van der Waals surface area contributed by atoms with Crippen LogP contribution < -0.4 is 10.6 Å². The third-order valence-corrected chi connectivity index (χ3v) is 5.39. The highest BCUT2D eigenvalue weighted by atomic mass is 19.4. The number of carbonyl (C=O) groups excluding carboxylic acids is 2. The predicted molar refractivity (Wildman–Crippen MR) is 87.0 cm³/mol. The average molecular weight is 364 g/mol. The van der Waals surface area contributed by atoms with E-state index in [4.69, 9.17) is 0 Å². The van der Waals surface area contributed by atoms with E-state index in [2.05, 4.69) is 10.6 Å². The van der Waals surface area contributed by atoms with Crippen molar-refractivity contribution in [3.8, 4) is 0 Å². The fourth-order valence-electron chi connectivity index (χ4n) is 3.79. The second-order valence-electron chi connectivity index (χ2n) is 7.36. The summed E-state index contributed by atoms with van der Waals surface area (Å²) in [6.07, 6.45) is -3.00. The summed E-state index contributed by atoms with van der Waals surface area (Å²) in [6, 6.07) is -0.504. The zero-order valence-electron chi connectivity index (χ0n) is 14.9. The summed E-state index contributed by atoms with van der Waals surface area (Å²) < 4.78 is 39.4. The van der Waals surface area contributed by atoms with Crippen molar-refractivity contribution >= 4 is 11.9 Å². The first-order chi connectivity index (χ1) is 11.6. The maximum absolute atomic E-state index is 13.1. The number of nitrogens with one attached hydrogen (secondary N) is 2. The Labute approximate surface area is 146 Å². The Bertz CT molecular complexity index is 502. The van der Waals surface area contributed by atoms with Gasteiger partial charge in [-0.2, -0.15) is 13.2 Å². The van der Waals surface area contributed by atoms with Gasteiger partial charge in [-0.1, -0.05) is 0 Å². The molecule has 2 N–H and O–H groups in total. The molecule has 6 nitrogen and oxygen atoms in total. The molecule has 2 fully saturated rings. The smallest absolute Gasteiger partial charge is 0.358 e. The van der Waals surface area contributed by atoms with Gasteiger partial charge in [0.05, 0.1) is 18.0 Å². The van der Waals surface area contributed by atoms with Crippen LogP contribution in [0, 0.1) is 5.92 Å². The minimum atomic E-state index is -4.30. The van der Waals surface area contributed by atoms with Gasteiger partial charge in [-0.05, 0) is 33.1 Å². The van der Waals surface area contributed by atoms with Crippen molar-refractivity contribution in [3.63, 3.8) is 0 Å². The molecule has 0 spiro atoms. The van der Waals surface area contributed by atoms with Crippen LogP contribution >= 0.6 is 0 Å². The van der Waals surface area contributed by atoms with Crippen LogP contribution in [-0.2, 0) is 4.79 Å². The summed E-state index contributed by atoms with van der Waals surface area (Å²) in [6.45, 7) is 4.73. The van der Waals surface area contributed by atoms with Crippen molar-refractivity contribution in [2.24, 2.45) is 5.92 Å². The minimum Gasteiger partial charge on any atom is -0.358 e. The Kier molecular flexibility index (Phi) is 5.86. The molecule has 0 aromatic heterocycles. The van der Waals surface area contributed by atoms with E-state index in [1.807, 2.05) is 4.90 Å². The van der Waals surface area contributed by atoms with Crippen LogP contribution in [0.3, 0.4) is 0 Å².